The number of rotatable bonds is 5. The Kier molecular flexibility index (Phi) is 5.52. The number of guanidine groups is 1. The fraction of sp³-hybridized carbons (Fsp3) is 0.190. The van der Waals surface area contributed by atoms with Crippen molar-refractivity contribution in [2.24, 2.45) is 4.99 Å². The second kappa shape index (κ2) is 8.20. The standard InChI is InChI=1S/C21H23N3O/c1-22-21(23-14-16-10-12-19(25-2)13-11-16)24-15-18-8-5-7-17-6-3-4-9-20(17)18/h3-13H,14-15H2,1-2H3,(H2,22,23,24). The van der Waals surface area contributed by atoms with Crippen molar-refractivity contribution < 1.29 is 4.74 Å². The zero-order chi connectivity index (χ0) is 17.5. The maximum absolute atomic E-state index is 5.18. The normalized spacial score (nSPS) is 11.4. The molecule has 3 aromatic rings. The van der Waals surface area contributed by atoms with Crippen LogP contribution in [0, 0.1) is 0 Å². The molecular formula is C21H23N3O. The van der Waals surface area contributed by atoms with E-state index < -0.39 is 0 Å². The Bertz CT molecular complexity index is 851. The zero-order valence-corrected chi connectivity index (χ0v) is 14.6. The second-order valence-electron chi connectivity index (χ2n) is 5.77. The fourth-order valence-corrected chi connectivity index (χ4v) is 2.78. The van der Waals surface area contributed by atoms with Crippen molar-refractivity contribution in [1.82, 2.24) is 10.6 Å². The van der Waals surface area contributed by atoms with Gasteiger partial charge in [0, 0.05) is 20.1 Å². The molecule has 4 heteroatoms. The van der Waals surface area contributed by atoms with E-state index in [4.69, 9.17) is 4.74 Å². The molecule has 0 fully saturated rings. The van der Waals surface area contributed by atoms with Gasteiger partial charge in [-0.05, 0) is 34.0 Å². The van der Waals surface area contributed by atoms with Gasteiger partial charge < -0.3 is 15.4 Å². The number of aliphatic imine (C=N–C) groups is 1. The van der Waals surface area contributed by atoms with Gasteiger partial charge in [0.15, 0.2) is 5.96 Å². The molecule has 0 atom stereocenters. The first-order valence-electron chi connectivity index (χ1n) is 8.34. The highest BCUT2D eigenvalue weighted by Crippen LogP contribution is 2.18. The summed E-state index contributed by atoms with van der Waals surface area (Å²) in [7, 11) is 3.46. The van der Waals surface area contributed by atoms with Crippen LogP contribution in [0.1, 0.15) is 11.1 Å². The average molecular weight is 333 g/mol. The molecule has 0 aliphatic carbocycles. The third-order valence-corrected chi connectivity index (χ3v) is 4.17. The third kappa shape index (κ3) is 4.29. The Morgan fingerprint density at radius 2 is 1.60 bits per heavy atom. The molecule has 0 saturated heterocycles. The van der Waals surface area contributed by atoms with Crippen LogP contribution in [0.15, 0.2) is 71.7 Å². The molecule has 25 heavy (non-hydrogen) atoms. The van der Waals surface area contributed by atoms with Crippen molar-refractivity contribution >= 4 is 16.7 Å². The van der Waals surface area contributed by atoms with Crippen LogP contribution in [0.2, 0.25) is 0 Å². The van der Waals surface area contributed by atoms with Crippen molar-refractivity contribution in [2.45, 2.75) is 13.1 Å². The highest BCUT2D eigenvalue weighted by atomic mass is 16.5. The highest BCUT2D eigenvalue weighted by Gasteiger charge is 2.03. The lowest BCUT2D eigenvalue weighted by Gasteiger charge is -2.13. The smallest absolute Gasteiger partial charge is 0.191 e. The van der Waals surface area contributed by atoms with Crippen molar-refractivity contribution in [3.63, 3.8) is 0 Å². The summed E-state index contributed by atoms with van der Waals surface area (Å²) in [5, 5.41) is 9.24. The molecule has 0 aromatic heterocycles. The lowest BCUT2D eigenvalue weighted by Crippen LogP contribution is -2.36. The Morgan fingerprint density at radius 1 is 0.880 bits per heavy atom. The molecule has 0 aliphatic rings. The van der Waals surface area contributed by atoms with E-state index in [2.05, 4.69) is 58.1 Å². The van der Waals surface area contributed by atoms with Crippen LogP contribution >= 0.6 is 0 Å². The SMILES string of the molecule is CN=C(NCc1ccc(OC)cc1)NCc1cccc2ccccc12. The van der Waals surface area contributed by atoms with E-state index in [0.717, 1.165) is 18.3 Å². The summed E-state index contributed by atoms with van der Waals surface area (Å²) < 4.78 is 5.18. The minimum atomic E-state index is 0.708. The Labute approximate surface area is 148 Å². The molecule has 2 N–H and O–H groups in total. The first kappa shape index (κ1) is 16.8. The summed E-state index contributed by atoms with van der Waals surface area (Å²) in [5.74, 6) is 1.64. The average Bonchev–Trinajstić information content (AvgIpc) is 2.68. The first-order chi connectivity index (χ1) is 12.3. The van der Waals surface area contributed by atoms with E-state index in [1.807, 2.05) is 24.3 Å². The van der Waals surface area contributed by atoms with Crippen molar-refractivity contribution in [3.05, 3.63) is 77.9 Å². The summed E-state index contributed by atoms with van der Waals surface area (Å²) >= 11 is 0. The van der Waals surface area contributed by atoms with Crippen LogP contribution in [0.25, 0.3) is 10.8 Å². The quantitative estimate of drug-likeness (QED) is 0.553. The third-order valence-electron chi connectivity index (χ3n) is 4.17. The van der Waals surface area contributed by atoms with Crippen LogP contribution in [-0.4, -0.2) is 20.1 Å². The monoisotopic (exact) mass is 333 g/mol. The number of methoxy groups -OCH3 is 1. The zero-order valence-electron chi connectivity index (χ0n) is 14.6. The van der Waals surface area contributed by atoms with Crippen LogP contribution in [0.4, 0.5) is 0 Å². The summed E-state index contributed by atoms with van der Waals surface area (Å²) in [6.45, 7) is 1.43. The molecule has 0 amide bonds. The summed E-state index contributed by atoms with van der Waals surface area (Å²) in [6.07, 6.45) is 0. The molecule has 0 heterocycles. The lowest BCUT2D eigenvalue weighted by molar-refractivity contribution is 0.414. The molecule has 4 nitrogen and oxygen atoms in total. The van der Waals surface area contributed by atoms with Gasteiger partial charge in [-0.15, -0.1) is 0 Å². The number of hydrogen-bond acceptors (Lipinski definition) is 2. The van der Waals surface area contributed by atoms with Gasteiger partial charge >= 0.3 is 0 Å². The maximum Gasteiger partial charge on any atom is 0.191 e. The van der Waals surface area contributed by atoms with Crippen LogP contribution in [-0.2, 0) is 13.1 Å². The van der Waals surface area contributed by atoms with E-state index in [1.165, 1.54) is 21.9 Å². The lowest BCUT2D eigenvalue weighted by atomic mass is 10.0. The maximum atomic E-state index is 5.18. The molecule has 0 saturated carbocycles. The topological polar surface area (TPSA) is 45.7 Å². The van der Waals surface area contributed by atoms with Gasteiger partial charge in [-0.2, -0.15) is 0 Å². The van der Waals surface area contributed by atoms with E-state index >= 15 is 0 Å². The molecule has 0 bridgehead atoms. The van der Waals surface area contributed by atoms with E-state index in [1.54, 1.807) is 14.2 Å². The largest absolute Gasteiger partial charge is 0.497 e. The van der Waals surface area contributed by atoms with E-state index in [-0.39, 0.29) is 0 Å². The van der Waals surface area contributed by atoms with Crippen LogP contribution in [0.5, 0.6) is 5.75 Å². The van der Waals surface area contributed by atoms with Crippen molar-refractivity contribution in [2.75, 3.05) is 14.2 Å². The van der Waals surface area contributed by atoms with Gasteiger partial charge in [-0.3, -0.25) is 4.99 Å². The predicted molar refractivity (Wildman–Crippen MR) is 104 cm³/mol. The van der Waals surface area contributed by atoms with E-state index in [0.29, 0.717) is 6.54 Å². The Morgan fingerprint density at radius 3 is 2.36 bits per heavy atom. The molecule has 3 rings (SSSR count). The number of fused-ring (bicyclic) bond motifs is 1. The molecule has 128 valence electrons. The van der Waals surface area contributed by atoms with E-state index in [9.17, 15) is 0 Å². The molecule has 0 aliphatic heterocycles. The Balaban J connectivity index is 1.60. The number of hydrogen-bond donors (Lipinski definition) is 2. The van der Waals surface area contributed by atoms with Gasteiger partial charge in [0.25, 0.3) is 0 Å². The second-order valence-corrected chi connectivity index (χ2v) is 5.77. The van der Waals surface area contributed by atoms with Gasteiger partial charge in [-0.1, -0.05) is 54.6 Å². The fourth-order valence-electron chi connectivity index (χ4n) is 2.78. The number of nitrogens with one attached hydrogen (secondary N) is 2. The van der Waals surface area contributed by atoms with Gasteiger partial charge in [0.05, 0.1) is 7.11 Å². The minimum absolute atomic E-state index is 0.708. The van der Waals surface area contributed by atoms with Gasteiger partial charge in [0.2, 0.25) is 0 Å². The van der Waals surface area contributed by atoms with Gasteiger partial charge in [-0.25, -0.2) is 0 Å². The predicted octanol–water partition coefficient (Wildman–Crippen LogP) is 3.71. The Hall–Kier alpha value is -3.01. The number of nitrogens with zero attached hydrogens (tertiary/aromatic N) is 1. The van der Waals surface area contributed by atoms with Crippen LogP contribution < -0.4 is 15.4 Å². The van der Waals surface area contributed by atoms with Gasteiger partial charge in [0.1, 0.15) is 5.75 Å². The highest BCUT2D eigenvalue weighted by molar-refractivity contribution is 5.86. The minimum Gasteiger partial charge on any atom is -0.497 e. The summed E-state index contributed by atoms with van der Waals surface area (Å²) in [6, 6.07) is 22.8. The number of benzene rings is 3. The molecule has 3 aromatic carbocycles. The molecular weight excluding hydrogens is 310 g/mol. The molecule has 0 radical (unpaired) electrons. The first-order valence-corrected chi connectivity index (χ1v) is 8.34. The molecule has 0 spiro atoms. The number of ether oxygens (including phenoxy) is 1. The summed E-state index contributed by atoms with van der Waals surface area (Å²) in [4.78, 5) is 4.30. The summed E-state index contributed by atoms with van der Waals surface area (Å²) in [5.41, 5.74) is 2.43. The van der Waals surface area contributed by atoms with Crippen molar-refractivity contribution in [3.8, 4) is 5.75 Å². The van der Waals surface area contributed by atoms with Crippen molar-refractivity contribution in [1.29, 1.82) is 0 Å². The molecule has 0 unspecified atom stereocenters. The van der Waals surface area contributed by atoms with Crippen LogP contribution in [0.3, 0.4) is 0 Å².